The van der Waals surface area contributed by atoms with E-state index in [2.05, 4.69) is 15.5 Å². The maximum absolute atomic E-state index is 12.4. The second kappa shape index (κ2) is 7.10. The van der Waals surface area contributed by atoms with Gasteiger partial charge in [-0.15, -0.1) is 10.2 Å². The third kappa shape index (κ3) is 3.21. The van der Waals surface area contributed by atoms with E-state index in [0.717, 1.165) is 5.56 Å². The SMILES string of the molecule is COc1ccccc1C(=O)Nc1nnc(-c2ccccc2OC)s1. The predicted octanol–water partition coefficient (Wildman–Crippen LogP) is 3.47. The highest BCUT2D eigenvalue weighted by atomic mass is 32.1. The zero-order chi connectivity index (χ0) is 16.9. The maximum Gasteiger partial charge on any atom is 0.261 e. The first kappa shape index (κ1) is 15.9. The van der Waals surface area contributed by atoms with Crippen LogP contribution in [0.4, 0.5) is 5.13 Å². The summed E-state index contributed by atoms with van der Waals surface area (Å²) in [6.45, 7) is 0. The van der Waals surface area contributed by atoms with E-state index in [4.69, 9.17) is 9.47 Å². The molecule has 24 heavy (non-hydrogen) atoms. The molecule has 0 radical (unpaired) electrons. The van der Waals surface area contributed by atoms with Gasteiger partial charge in [-0.25, -0.2) is 0 Å². The van der Waals surface area contributed by atoms with E-state index >= 15 is 0 Å². The minimum atomic E-state index is -0.296. The molecular weight excluding hydrogens is 326 g/mol. The molecule has 0 aliphatic carbocycles. The number of nitrogens with one attached hydrogen (secondary N) is 1. The monoisotopic (exact) mass is 341 g/mol. The lowest BCUT2D eigenvalue weighted by Crippen LogP contribution is -2.12. The number of methoxy groups -OCH3 is 2. The van der Waals surface area contributed by atoms with Crippen LogP contribution in [0.2, 0.25) is 0 Å². The molecule has 0 bridgehead atoms. The van der Waals surface area contributed by atoms with Gasteiger partial charge in [0.2, 0.25) is 5.13 Å². The lowest BCUT2D eigenvalue weighted by Gasteiger charge is -2.06. The molecule has 1 heterocycles. The van der Waals surface area contributed by atoms with Crippen LogP contribution in [0, 0.1) is 0 Å². The smallest absolute Gasteiger partial charge is 0.261 e. The number of benzene rings is 2. The highest BCUT2D eigenvalue weighted by molar-refractivity contribution is 7.18. The van der Waals surface area contributed by atoms with E-state index in [1.165, 1.54) is 18.4 Å². The molecule has 6 nitrogen and oxygen atoms in total. The molecule has 1 N–H and O–H groups in total. The number of carbonyl (C=O) groups is 1. The number of para-hydroxylation sites is 2. The summed E-state index contributed by atoms with van der Waals surface area (Å²) in [4.78, 5) is 12.4. The maximum atomic E-state index is 12.4. The topological polar surface area (TPSA) is 73.3 Å². The molecule has 122 valence electrons. The number of hydrogen-bond acceptors (Lipinski definition) is 6. The number of nitrogens with zero attached hydrogens (tertiary/aromatic N) is 2. The van der Waals surface area contributed by atoms with Crippen molar-refractivity contribution in [3.63, 3.8) is 0 Å². The molecule has 3 aromatic rings. The Morgan fingerprint density at radius 3 is 2.38 bits per heavy atom. The lowest BCUT2D eigenvalue weighted by molar-refractivity contribution is 0.102. The summed E-state index contributed by atoms with van der Waals surface area (Å²) in [5.74, 6) is 0.913. The average Bonchev–Trinajstić information content (AvgIpc) is 3.09. The molecule has 3 rings (SSSR count). The van der Waals surface area contributed by atoms with Crippen molar-refractivity contribution >= 4 is 22.4 Å². The van der Waals surface area contributed by atoms with Gasteiger partial charge in [-0.2, -0.15) is 0 Å². The fourth-order valence-corrected chi connectivity index (χ4v) is 2.97. The normalized spacial score (nSPS) is 10.2. The molecular formula is C17H15N3O3S. The van der Waals surface area contributed by atoms with Gasteiger partial charge in [0.05, 0.1) is 25.3 Å². The van der Waals surface area contributed by atoms with Crippen LogP contribution in [0.5, 0.6) is 11.5 Å². The molecule has 0 fully saturated rings. The minimum absolute atomic E-state index is 0.296. The Balaban J connectivity index is 1.83. The molecule has 2 aromatic carbocycles. The van der Waals surface area contributed by atoms with Gasteiger partial charge in [-0.05, 0) is 24.3 Å². The molecule has 0 aliphatic rings. The number of hydrogen-bond donors (Lipinski definition) is 1. The Kier molecular flexibility index (Phi) is 4.72. The first-order valence-corrected chi connectivity index (χ1v) is 7.96. The molecule has 1 aromatic heterocycles. The highest BCUT2D eigenvalue weighted by Crippen LogP contribution is 2.33. The first-order chi connectivity index (χ1) is 11.7. The Hall–Kier alpha value is -2.93. The average molecular weight is 341 g/mol. The van der Waals surface area contributed by atoms with Crippen LogP contribution in [0.3, 0.4) is 0 Å². The van der Waals surface area contributed by atoms with Crippen molar-refractivity contribution in [2.24, 2.45) is 0 Å². The van der Waals surface area contributed by atoms with Crippen molar-refractivity contribution in [1.82, 2.24) is 10.2 Å². The minimum Gasteiger partial charge on any atom is -0.496 e. The lowest BCUT2D eigenvalue weighted by atomic mass is 10.2. The van der Waals surface area contributed by atoms with Gasteiger partial charge in [0.1, 0.15) is 11.5 Å². The quantitative estimate of drug-likeness (QED) is 0.769. The predicted molar refractivity (Wildman–Crippen MR) is 92.8 cm³/mol. The van der Waals surface area contributed by atoms with Gasteiger partial charge in [0, 0.05) is 0 Å². The number of aromatic nitrogens is 2. The Morgan fingerprint density at radius 2 is 1.62 bits per heavy atom. The fraction of sp³-hybridized carbons (Fsp3) is 0.118. The van der Waals surface area contributed by atoms with Gasteiger partial charge in [0.15, 0.2) is 5.01 Å². The Bertz CT molecular complexity index is 864. The largest absolute Gasteiger partial charge is 0.496 e. The Morgan fingerprint density at radius 1 is 0.958 bits per heavy atom. The van der Waals surface area contributed by atoms with Crippen molar-refractivity contribution in [2.45, 2.75) is 0 Å². The number of amides is 1. The van der Waals surface area contributed by atoms with Crippen LogP contribution in [0.25, 0.3) is 10.6 Å². The summed E-state index contributed by atoms with van der Waals surface area (Å²) >= 11 is 1.28. The van der Waals surface area contributed by atoms with Crippen molar-refractivity contribution < 1.29 is 14.3 Å². The van der Waals surface area contributed by atoms with Gasteiger partial charge in [-0.3, -0.25) is 10.1 Å². The summed E-state index contributed by atoms with van der Waals surface area (Å²) in [6, 6.07) is 14.5. The van der Waals surface area contributed by atoms with Crippen LogP contribution in [-0.4, -0.2) is 30.3 Å². The number of carbonyl (C=O) groups excluding carboxylic acids is 1. The van der Waals surface area contributed by atoms with Gasteiger partial charge < -0.3 is 9.47 Å². The first-order valence-electron chi connectivity index (χ1n) is 7.14. The van der Waals surface area contributed by atoms with Crippen LogP contribution in [-0.2, 0) is 0 Å². The summed E-state index contributed by atoms with van der Waals surface area (Å²) in [6.07, 6.45) is 0. The molecule has 0 aliphatic heterocycles. The summed E-state index contributed by atoms with van der Waals surface area (Å²) in [5, 5.41) is 12.0. The molecule has 0 atom stereocenters. The molecule has 0 saturated heterocycles. The van der Waals surface area contributed by atoms with Crippen LogP contribution < -0.4 is 14.8 Å². The third-order valence-corrected chi connectivity index (χ3v) is 4.21. The summed E-state index contributed by atoms with van der Waals surface area (Å²) in [5.41, 5.74) is 1.27. The van der Waals surface area contributed by atoms with E-state index < -0.39 is 0 Å². The molecule has 0 saturated carbocycles. The van der Waals surface area contributed by atoms with Crippen molar-refractivity contribution in [3.05, 3.63) is 54.1 Å². The number of ether oxygens (including phenoxy) is 2. The van der Waals surface area contributed by atoms with E-state index in [0.29, 0.717) is 27.2 Å². The molecule has 1 amide bonds. The number of anilines is 1. The van der Waals surface area contributed by atoms with E-state index in [1.54, 1.807) is 31.4 Å². The highest BCUT2D eigenvalue weighted by Gasteiger charge is 2.16. The second-order valence-electron chi connectivity index (χ2n) is 4.77. The van der Waals surface area contributed by atoms with E-state index in [9.17, 15) is 4.79 Å². The fourth-order valence-electron chi connectivity index (χ4n) is 2.20. The van der Waals surface area contributed by atoms with E-state index in [-0.39, 0.29) is 5.91 Å². The van der Waals surface area contributed by atoms with Gasteiger partial charge >= 0.3 is 0 Å². The molecule has 7 heteroatoms. The van der Waals surface area contributed by atoms with Crippen molar-refractivity contribution in [3.8, 4) is 22.1 Å². The summed E-state index contributed by atoms with van der Waals surface area (Å²) in [7, 11) is 3.13. The van der Waals surface area contributed by atoms with Crippen LogP contribution >= 0.6 is 11.3 Å². The zero-order valence-corrected chi connectivity index (χ0v) is 14.0. The van der Waals surface area contributed by atoms with Gasteiger partial charge in [0.25, 0.3) is 5.91 Å². The molecule has 0 unspecified atom stereocenters. The molecule has 0 spiro atoms. The second-order valence-corrected chi connectivity index (χ2v) is 5.74. The van der Waals surface area contributed by atoms with Crippen molar-refractivity contribution in [2.75, 3.05) is 19.5 Å². The van der Waals surface area contributed by atoms with E-state index in [1.807, 2.05) is 24.3 Å². The third-order valence-electron chi connectivity index (χ3n) is 3.33. The standard InChI is InChI=1S/C17H15N3O3S/c1-22-13-9-5-3-7-11(13)15(21)18-17-20-19-16(24-17)12-8-4-6-10-14(12)23-2/h3-10H,1-2H3,(H,18,20,21). The van der Waals surface area contributed by atoms with Crippen molar-refractivity contribution in [1.29, 1.82) is 0 Å². The summed E-state index contributed by atoms with van der Waals surface area (Å²) < 4.78 is 10.5. The van der Waals surface area contributed by atoms with Crippen LogP contribution in [0.1, 0.15) is 10.4 Å². The van der Waals surface area contributed by atoms with Crippen LogP contribution in [0.15, 0.2) is 48.5 Å². The number of rotatable bonds is 5. The van der Waals surface area contributed by atoms with Gasteiger partial charge in [-0.1, -0.05) is 35.6 Å². The Labute approximate surface area is 143 Å². The zero-order valence-electron chi connectivity index (χ0n) is 13.1.